The van der Waals surface area contributed by atoms with Crippen molar-refractivity contribution < 1.29 is 13.2 Å². The second kappa shape index (κ2) is 9.95. The molecule has 1 fully saturated rings. The van der Waals surface area contributed by atoms with Gasteiger partial charge in [-0.3, -0.25) is 9.58 Å². The number of aromatic nitrogens is 4. The van der Waals surface area contributed by atoms with Crippen LogP contribution in [0.3, 0.4) is 0 Å². The van der Waals surface area contributed by atoms with E-state index < -0.39 is 10.0 Å². The first-order valence-electron chi connectivity index (χ1n) is 12.1. The molecule has 1 saturated heterocycles. The fraction of sp³-hybridized carbons (Fsp3) is 0.296. The van der Waals surface area contributed by atoms with Gasteiger partial charge in [-0.25, -0.2) is 18.1 Å². The minimum absolute atomic E-state index is 0.0318. The van der Waals surface area contributed by atoms with Crippen LogP contribution in [0.25, 0.3) is 11.3 Å². The highest BCUT2D eigenvalue weighted by Gasteiger charge is 2.29. The van der Waals surface area contributed by atoms with Gasteiger partial charge in [-0.2, -0.15) is 10.1 Å². The Labute approximate surface area is 217 Å². The molecule has 0 saturated carbocycles. The molecule has 0 aliphatic carbocycles. The molecule has 0 radical (unpaired) electrons. The number of anilines is 1. The number of nitrogens with zero attached hydrogens (tertiary/aromatic N) is 5. The van der Waals surface area contributed by atoms with Gasteiger partial charge in [0.15, 0.2) is 0 Å². The number of hydrogen-bond acceptors (Lipinski definition) is 7. The van der Waals surface area contributed by atoms with Crippen molar-refractivity contribution in [3.05, 3.63) is 83.2 Å². The molecule has 3 heterocycles. The van der Waals surface area contributed by atoms with Gasteiger partial charge in [-0.05, 0) is 37.5 Å². The Hall–Kier alpha value is -3.76. The van der Waals surface area contributed by atoms with Crippen molar-refractivity contribution >= 4 is 16.0 Å². The molecule has 0 bridgehead atoms. The highest BCUT2D eigenvalue weighted by atomic mass is 32.2. The summed E-state index contributed by atoms with van der Waals surface area (Å²) in [7, 11) is -2.26. The summed E-state index contributed by atoms with van der Waals surface area (Å²) < 4.78 is 36.0. The van der Waals surface area contributed by atoms with Crippen molar-refractivity contribution in [2.24, 2.45) is 7.05 Å². The van der Waals surface area contributed by atoms with E-state index in [0.29, 0.717) is 11.6 Å². The maximum atomic E-state index is 12.9. The molecular formula is C27H30N6O3S. The zero-order chi connectivity index (χ0) is 26.2. The van der Waals surface area contributed by atoms with Crippen molar-refractivity contribution in [2.75, 3.05) is 17.8 Å². The summed E-state index contributed by atoms with van der Waals surface area (Å²) in [5.41, 5.74) is 6.08. The monoisotopic (exact) mass is 518 g/mol. The lowest BCUT2D eigenvalue weighted by Gasteiger charge is -2.38. The minimum atomic E-state index is -3.92. The van der Waals surface area contributed by atoms with Crippen LogP contribution in [-0.2, 0) is 23.6 Å². The fourth-order valence-corrected chi connectivity index (χ4v) is 5.49. The van der Waals surface area contributed by atoms with Crippen molar-refractivity contribution in [1.82, 2.24) is 24.6 Å². The Bertz CT molecular complexity index is 1520. The maximum absolute atomic E-state index is 12.9. The zero-order valence-corrected chi connectivity index (χ0v) is 22.2. The van der Waals surface area contributed by atoms with Gasteiger partial charge < -0.3 is 4.74 Å². The van der Waals surface area contributed by atoms with Gasteiger partial charge in [0.2, 0.25) is 11.8 Å². The molecule has 2 aromatic carbocycles. The lowest BCUT2D eigenvalue weighted by atomic mass is 10.00. The van der Waals surface area contributed by atoms with E-state index in [1.165, 1.54) is 28.2 Å². The molecule has 0 unspecified atom stereocenters. The van der Waals surface area contributed by atoms with Crippen LogP contribution in [0.1, 0.15) is 22.3 Å². The van der Waals surface area contributed by atoms with Crippen LogP contribution >= 0.6 is 0 Å². The van der Waals surface area contributed by atoms with E-state index in [1.807, 2.05) is 32.0 Å². The van der Waals surface area contributed by atoms with Gasteiger partial charge in [0, 0.05) is 44.5 Å². The molecule has 5 rings (SSSR count). The third kappa shape index (κ3) is 5.65. The summed E-state index contributed by atoms with van der Waals surface area (Å²) in [4.78, 5) is 11.3. The Morgan fingerprint density at radius 2 is 1.76 bits per heavy atom. The van der Waals surface area contributed by atoms with E-state index >= 15 is 0 Å². The zero-order valence-electron chi connectivity index (χ0n) is 21.3. The third-order valence-corrected chi connectivity index (χ3v) is 7.64. The average molecular weight is 519 g/mol. The standard InChI is InChI=1S/C27H30N6O3S/c1-18-7-5-10-21(11-18)14-33-15-22(16-33)36-25-12-24(26-19(2)8-6-9-20(26)3)29-27(30-25)31-37(34,35)23-13-28-32(4)17-23/h5-13,17,22H,14-16H2,1-4H3,(H,29,30,31). The van der Waals surface area contributed by atoms with E-state index in [9.17, 15) is 8.42 Å². The molecule has 0 atom stereocenters. The van der Waals surface area contributed by atoms with Crippen LogP contribution in [0.15, 0.2) is 65.8 Å². The van der Waals surface area contributed by atoms with Crippen LogP contribution < -0.4 is 9.46 Å². The van der Waals surface area contributed by atoms with Crippen LogP contribution in [0.2, 0.25) is 0 Å². The van der Waals surface area contributed by atoms with Gasteiger partial charge in [-0.1, -0.05) is 48.0 Å². The number of aryl methyl sites for hydroxylation is 4. The first-order valence-corrected chi connectivity index (χ1v) is 13.6. The predicted octanol–water partition coefficient (Wildman–Crippen LogP) is 3.87. The summed E-state index contributed by atoms with van der Waals surface area (Å²) in [5.74, 6) is 0.284. The maximum Gasteiger partial charge on any atom is 0.267 e. The summed E-state index contributed by atoms with van der Waals surface area (Å²) in [5, 5.41) is 3.96. The van der Waals surface area contributed by atoms with Crippen molar-refractivity contribution in [2.45, 2.75) is 38.3 Å². The molecular weight excluding hydrogens is 488 g/mol. The quantitative estimate of drug-likeness (QED) is 0.378. The Kier molecular flexibility index (Phi) is 6.70. The number of sulfonamides is 1. The predicted molar refractivity (Wildman–Crippen MR) is 142 cm³/mol. The molecule has 10 heteroatoms. The Morgan fingerprint density at radius 3 is 2.43 bits per heavy atom. The third-order valence-electron chi connectivity index (χ3n) is 6.36. The molecule has 4 aromatic rings. The lowest BCUT2D eigenvalue weighted by Crippen LogP contribution is -2.53. The topological polar surface area (TPSA) is 102 Å². The molecule has 1 aliphatic heterocycles. The minimum Gasteiger partial charge on any atom is -0.471 e. The summed E-state index contributed by atoms with van der Waals surface area (Å²) >= 11 is 0. The van der Waals surface area contributed by atoms with E-state index in [4.69, 9.17) is 4.74 Å². The van der Waals surface area contributed by atoms with Gasteiger partial charge in [-0.15, -0.1) is 0 Å². The van der Waals surface area contributed by atoms with Crippen LogP contribution in [0.5, 0.6) is 5.88 Å². The molecule has 0 spiro atoms. The van der Waals surface area contributed by atoms with Crippen molar-refractivity contribution in [3.8, 4) is 17.1 Å². The van der Waals surface area contributed by atoms with Crippen LogP contribution in [0.4, 0.5) is 5.95 Å². The van der Waals surface area contributed by atoms with E-state index in [0.717, 1.165) is 36.3 Å². The van der Waals surface area contributed by atoms with Gasteiger partial charge >= 0.3 is 0 Å². The first kappa shape index (κ1) is 24.9. The number of hydrogen-bond donors (Lipinski definition) is 1. The van der Waals surface area contributed by atoms with Gasteiger partial charge in [0.25, 0.3) is 10.0 Å². The summed E-state index contributed by atoms with van der Waals surface area (Å²) in [6.07, 6.45) is 2.66. The summed E-state index contributed by atoms with van der Waals surface area (Å²) in [6.45, 7) is 8.46. The van der Waals surface area contributed by atoms with Crippen LogP contribution in [0, 0.1) is 20.8 Å². The summed E-state index contributed by atoms with van der Waals surface area (Å²) in [6, 6.07) is 16.2. The Morgan fingerprint density at radius 1 is 1.03 bits per heavy atom. The molecule has 2 aromatic heterocycles. The smallest absolute Gasteiger partial charge is 0.267 e. The number of ether oxygens (including phenoxy) is 1. The fourth-order valence-electron chi connectivity index (χ4n) is 4.56. The van der Waals surface area contributed by atoms with E-state index in [1.54, 1.807) is 13.1 Å². The molecule has 37 heavy (non-hydrogen) atoms. The van der Waals surface area contributed by atoms with Crippen LogP contribution in [-0.4, -0.2) is 52.3 Å². The van der Waals surface area contributed by atoms with E-state index in [2.05, 4.69) is 55.9 Å². The average Bonchev–Trinajstić information content (AvgIpc) is 3.25. The first-order chi connectivity index (χ1) is 17.7. The number of nitrogens with one attached hydrogen (secondary N) is 1. The second-order valence-corrected chi connectivity index (χ2v) is 11.2. The highest BCUT2D eigenvalue weighted by molar-refractivity contribution is 7.92. The van der Waals surface area contributed by atoms with E-state index in [-0.39, 0.29) is 16.9 Å². The van der Waals surface area contributed by atoms with Gasteiger partial charge in [0.05, 0.1) is 11.9 Å². The molecule has 9 nitrogen and oxygen atoms in total. The van der Waals surface area contributed by atoms with Crippen molar-refractivity contribution in [1.29, 1.82) is 0 Å². The second-order valence-electron chi connectivity index (χ2n) is 9.56. The highest BCUT2D eigenvalue weighted by Crippen LogP contribution is 2.30. The number of benzene rings is 2. The molecule has 1 aliphatic rings. The molecule has 0 amide bonds. The lowest BCUT2D eigenvalue weighted by molar-refractivity contribution is 0.0119. The Balaban J connectivity index is 1.39. The number of rotatable bonds is 8. The van der Waals surface area contributed by atoms with Crippen molar-refractivity contribution in [3.63, 3.8) is 0 Å². The number of likely N-dealkylation sites (tertiary alicyclic amines) is 1. The van der Waals surface area contributed by atoms with Gasteiger partial charge in [0.1, 0.15) is 11.0 Å². The largest absolute Gasteiger partial charge is 0.471 e. The SMILES string of the molecule is Cc1cccc(CN2CC(Oc3cc(-c4c(C)cccc4C)nc(NS(=O)(=O)c4cnn(C)c4)n3)C2)c1. The normalized spacial score (nSPS) is 14.4. The molecule has 1 N–H and O–H groups in total. The molecule has 192 valence electrons.